The van der Waals surface area contributed by atoms with E-state index in [1.807, 2.05) is 13.0 Å². The van der Waals surface area contributed by atoms with Crippen LogP contribution in [0.4, 0.5) is 5.82 Å². The summed E-state index contributed by atoms with van der Waals surface area (Å²) < 4.78 is 5.44. The molecule has 6 heteroatoms. The van der Waals surface area contributed by atoms with E-state index in [1.54, 1.807) is 11.8 Å². The first-order chi connectivity index (χ1) is 11.8. The molecule has 2 saturated carbocycles. The van der Waals surface area contributed by atoms with E-state index >= 15 is 0 Å². The largest absolute Gasteiger partial charge is 0.378 e. The van der Waals surface area contributed by atoms with Gasteiger partial charge in [-0.15, -0.1) is 0 Å². The maximum absolute atomic E-state index is 13.0. The van der Waals surface area contributed by atoms with E-state index in [0.717, 1.165) is 55.8 Å². The van der Waals surface area contributed by atoms with Crippen LogP contribution in [0.1, 0.15) is 39.3 Å². The van der Waals surface area contributed by atoms with E-state index < -0.39 is 0 Å². The van der Waals surface area contributed by atoms with Crippen molar-refractivity contribution in [3.8, 4) is 0 Å². The monoisotopic (exact) mass is 361 g/mol. The summed E-state index contributed by atoms with van der Waals surface area (Å²) in [7, 11) is 0. The summed E-state index contributed by atoms with van der Waals surface area (Å²) in [6.07, 6.45) is 2.16. The molecule has 2 aliphatic carbocycles. The third-order valence-corrected chi connectivity index (χ3v) is 8.24. The van der Waals surface area contributed by atoms with Gasteiger partial charge in [-0.05, 0) is 30.6 Å². The second-order valence-corrected chi connectivity index (χ2v) is 9.45. The fraction of sp³-hybridized carbons (Fsp3) is 0.737. The second-order valence-electron chi connectivity index (χ2n) is 8.38. The number of aryl methyl sites for hydroxylation is 1. The minimum atomic E-state index is -0.0272. The van der Waals surface area contributed by atoms with Gasteiger partial charge in [0.2, 0.25) is 0 Å². The summed E-state index contributed by atoms with van der Waals surface area (Å²) in [5, 5.41) is 0.713. The molecule has 5 nitrogen and oxygen atoms in total. The molecule has 0 N–H and O–H groups in total. The topological polar surface area (TPSA) is 55.3 Å². The molecule has 3 aliphatic rings. The lowest BCUT2D eigenvalue weighted by molar-refractivity contribution is -0.122. The summed E-state index contributed by atoms with van der Waals surface area (Å²) in [5.74, 6) is 1.55. The molecule has 0 radical (unpaired) electrons. The van der Waals surface area contributed by atoms with E-state index in [1.165, 1.54) is 0 Å². The summed E-state index contributed by atoms with van der Waals surface area (Å²) in [6, 6.07) is 2.03. The number of ether oxygens (including phenoxy) is 1. The number of carbonyl (C=O) groups excluding carboxylic acids is 1. The number of morpholine rings is 1. The molecule has 1 aromatic heterocycles. The molecular weight excluding hydrogens is 334 g/mol. The average molecular weight is 362 g/mol. The van der Waals surface area contributed by atoms with Gasteiger partial charge in [0.15, 0.2) is 5.16 Å². The molecule has 25 heavy (non-hydrogen) atoms. The first-order valence-corrected chi connectivity index (χ1v) is 10.1. The highest BCUT2D eigenvalue weighted by Gasteiger charge is 2.66. The van der Waals surface area contributed by atoms with Crippen LogP contribution in [0, 0.1) is 23.7 Å². The van der Waals surface area contributed by atoms with Crippen molar-refractivity contribution in [2.45, 2.75) is 50.9 Å². The third-order valence-electron chi connectivity index (χ3n) is 6.85. The number of hydrogen-bond donors (Lipinski definition) is 0. The Kier molecular flexibility index (Phi) is 4.11. The number of hydrogen-bond acceptors (Lipinski definition) is 6. The lowest BCUT2D eigenvalue weighted by atomic mass is 9.71. The van der Waals surface area contributed by atoms with Gasteiger partial charge >= 0.3 is 0 Å². The Morgan fingerprint density at radius 1 is 1.24 bits per heavy atom. The number of fused-ring (bicyclic) bond motifs is 2. The molecule has 3 fully saturated rings. The fourth-order valence-electron chi connectivity index (χ4n) is 4.81. The van der Waals surface area contributed by atoms with Gasteiger partial charge in [0.05, 0.1) is 18.5 Å². The van der Waals surface area contributed by atoms with Crippen molar-refractivity contribution in [1.29, 1.82) is 0 Å². The van der Waals surface area contributed by atoms with E-state index in [2.05, 4.69) is 30.7 Å². The van der Waals surface area contributed by atoms with Crippen LogP contribution < -0.4 is 4.90 Å². The number of ketones is 1. The van der Waals surface area contributed by atoms with Crippen molar-refractivity contribution in [3.05, 3.63) is 11.8 Å². The zero-order valence-electron chi connectivity index (χ0n) is 15.5. The van der Waals surface area contributed by atoms with Crippen LogP contribution in [0.15, 0.2) is 11.2 Å². The standard InChI is InChI=1S/C19H27N3O2S/c1-12-11-14(22-7-9-24-10-8-22)21-17(20-12)25-16-15(23)13-5-6-19(16,4)18(13,2)3/h11,13,16H,5-10H2,1-4H3/t13-,16+,19+/m1/s1. The Morgan fingerprint density at radius 3 is 2.60 bits per heavy atom. The number of nitrogens with zero attached hydrogens (tertiary/aromatic N) is 3. The van der Waals surface area contributed by atoms with Crippen molar-refractivity contribution in [1.82, 2.24) is 9.97 Å². The molecule has 1 saturated heterocycles. The van der Waals surface area contributed by atoms with Gasteiger partial charge in [0.1, 0.15) is 11.6 Å². The van der Waals surface area contributed by atoms with E-state index in [4.69, 9.17) is 9.72 Å². The Labute approximate surface area is 153 Å². The van der Waals surface area contributed by atoms with Crippen LogP contribution in [0.3, 0.4) is 0 Å². The molecule has 0 spiro atoms. The lowest BCUT2D eigenvalue weighted by Crippen LogP contribution is -2.37. The first kappa shape index (κ1) is 17.3. The Hall–Kier alpha value is -1.14. The summed E-state index contributed by atoms with van der Waals surface area (Å²) in [6.45, 7) is 12.0. The molecule has 0 unspecified atom stereocenters. The van der Waals surface area contributed by atoms with Crippen molar-refractivity contribution in [2.24, 2.45) is 16.7 Å². The molecule has 136 valence electrons. The first-order valence-electron chi connectivity index (χ1n) is 9.22. The molecule has 2 heterocycles. The summed E-state index contributed by atoms with van der Waals surface area (Å²) >= 11 is 1.59. The highest BCUT2D eigenvalue weighted by molar-refractivity contribution is 8.00. The summed E-state index contributed by atoms with van der Waals surface area (Å²) in [4.78, 5) is 24.6. The molecule has 0 aromatic carbocycles. The van der Waals surface area contributed by atoms with Gasteiger partial charge < -0.3 is 9.64 Å². The van der Waals surface area contributed by atoms with Crippen LogP contribution in [-0.4, -0.2) is 47.3 Å². The van der Waals surface area contributed by atoms with Gasteiger partial charge in [0.25, 0.3) is 0 Å². The quantitative estimate of drug-likeness (QED) is 0.771. The van der Waals surface area contributed by atoms with Crippen LogP contribution in [0.2, 0.25) is 0 Å². The van der Waals surface area contributed by atoms with Crippen molar-refractivity contribution in [3.63, 3.8) is 0 Å². The van der Waals surface area contributed by atoms with Gasteiger partial charge in [-0.2, -0.15) is 0 Å². The number of thioether (sulfide) groups is 1. The minimum absolute atomic E-state index is 0.0272. The minimum Gasteiger partial charge on any atom is -0.378 e. The molecule has 2 bridgehead atoms. The number of carbonyl (C=O) groups is 1. The zero-order valence-corrected chi connectivity index (χ0v) is 16.4. The SMILES string of the molecule is Cc1cc(N2CCOCC2)nc(S[C@H]2C(=O)[C@H]3CC[C@]2(C)C3(C)C)n1. The predicted molar refractivity (Wildman–Crippen MR) is 99.1 cm³/mol. The normalized spacial score (nSPS) is 33.9. The van der Waals surface area contributed by atoms with Crippen LogP contribution in [0.5, 0.6) is 0 Å². The number of anilines is 1. The third kappa shape index (κ3) is 2.60. The Balaban J connectivity index is 1.61. The van der Waals surface area contributed by atoms with E-state index in [-0.39, 0.29) is 22.0 Å². The van der Waals surface area contributed by atoms with E-state index in [9.17, 15) is 4.79 Å². The fourth-order valence-corrected chi connectivity index (χ4v) is 6.33. The zero-order chi connectivity index (χ0) is 17.8. The maximum Gasteiger partial charge on any atom is 0.190 e. The highest BCUT2D eigenvalue weighted by Crippen LogP contribution is 2.67. The number of Topliss-reactive ketones (excluding diaryl/α,β-unsaturated/α-hetero) is 1. The molecule has 3 atom stereocenters. The Morgan fingerprint density at radius 2 is 1.96 bits per heavy atom. The maximum atomic E-state index is 13.0. The van der Waals surface area contributed by atoms with Crippen molar-refractivity contribution < 1.29 is 9.53 Å². The van der Waals surface area contributed by atoms with Gasteiger partial charge in [-0.1, -0.05) is 32.5 Å². The van der Waals surface area contributed by atoms with Crippen molar-refractivity contribution in [2.75, 3.05) is 31.2 Å². The number of rotatable bonds is 3. The molecule has 0 amide bonds. The summed E-state index contributed by atoms with van der Waals surface area (Å²) in [5.41, 5.74) is 1.06. The van der Waals surface area contributed by atoms with E-state index in [0.29, 0.717) is 5.78 Å². The lowest BCUT2D eigenvalue weighted by Gasteiger charge is -2.37. The van der Waals surface area contributed by atoms with Gasteiger partial charge in [0, 0.05) is 30.8 Å². The Bertz CT molecular complexity index is 702. The second kappa shape index (κ2) is 5.95. The number of aromatic nitrogens is 2. The van der Waals surface area contributed by atoms with Gasteiger partial charge in [-0.25, -0.2) is 9.97 Å². The molecular formula is C19H27N3O2S. The van der Waals surface area contributed by atoms with Crippen LogP contribution in [0.25, 0.3) is 0 Å². The van der Waals surface area contributed by atoms with Crippen molar-refractivity contribution >= 4 is 23.4 Å². The smallest absolute Gasteiger partial charge is 0.190 e. The molecule has 4 rings (SSSR count). The molecule has 1 aromatic rings. The average Bonchev–Trinajstić information content (AvgIpc) is 2.89. The predicted octanol–water partition coefficient (Wildman–Crippen LogP) is 3.11. The van der Waals surface area contributed by atoms with Crippen LogP contribution >= 0.6 is 11.8 Å². The molecule has 1 aliphatic heterocycles. The highest BCUT2D eigenvalue weighted by atomic mass is 32.2. The van der Waals surface area contributed by atoms with Gasteiger partial charge in [-0.3, -0.25) is 4.79 Å². The van der Waals surface area contributed by atoms with Crippen LogP contribution in [-0.2, 0) is 9.53 Å².